The first-order valence-electron chi connectivity index (χ1n) is 13.8. The lowest BCUT2D eigenvalue weighted by molar-refractivity contribution is -0.140. The average molecular weight is 598 g/mol. The van der Waals surface area contributed by atoms with Crippen LogP contribution in [-0.2, 0) is 26.2 Å². The molecule has 4 rings (SSSR count). The summed E-state index contributed by atoms with van der Waals surface area (Å²) in [6, 6.07) is 20.8. The van der Waals surface area contributed by atoms with Crippen molar-refractivity contribution in [3.05, 3.63) is 89.4 Å². The largest absolute Gasteiger partial charge is 0.497 e. The summed E-state index contributed by atoms with van der Waals surface area (Å²) in [4.78, 5) is 29.2. The van der Waals surface area contributed by atoms with Gasteiger partial charge in [0.2, 0.25) is 11.8 Å². The van der Waals surface area contributed by atoms with Crippen LogP contribution in [0.4, 0.5) is 5.69 Å². The lowest BCUT2D eigenvalue weighted by Crippen LogP contribution is -2.53. The summed E-state index contributed by atoms with van der Waals surface area (Å²) in [6.07, 6.45) is 4.29. The van der Waals surface area contributed by atoms with Gasteiger partial charge in [0.05, 0.1) is 17.7 Å². The smallest absolute Gasteiger partial charge is 0.264 e. The summed E-state index contributed by atoms with van der Waals surface area (Å²) < 4.78 is 34.1. The number of ether oxygens (including phenoxy) is 1. The molecule has 3 aromatic carbocycles. The maximum absolute atomic E-state index is 14.2. The number of carbonyl (C=O) groups excluding carboxylic acids is 2. The van der Waals surface area contributed by atoms with Gasteiger partial charge in [-0.2, -0.15) is 0 Å². The molecule has 2 amide bonds. The lowest BCUT2D eigenvalue weighted by Gasteiger charge is -2.33. The van der Waals surface area contributed by atoms with Crippen molar-refractivity contribution in [3.8, 4) is 5.75 Å². The second-order valence-corrected chi connectivity index (χ2v) is 12.4. The number of hydrogen-bond acceptors (Lipinski definition) is 5. The van der Waals surface area contributed by atoms with Crippen LogP contribution in [-0.4, -0.2) is 50.9 Å². The number of anilines is 1. The number of hydrogen-bond donors (Lipinski definition) is 1. The summed E-state index contributed by atoms with van der Waals surface area (Å²) in [5, 5.41) is 3.55. The number of amides is 2. The standard InChI is InChI=1S/C31H36ClN3O5S/c1-3-29(31(37)33-25-11-7-8-12-25)34(21-23-10-9-13-27(20-23)40-2)30(36)22-35(26-18-16-24(32)17-19-26)41(38,39)28-14-5-4-6-15-28/h4-6,9-10,13-20,25,29H,3,7-8,11-12,21-22H2,1-2H3,(H,33,37). The fourth-order valence-corrected chi connectivity index (χ4v) is 6.67. The fraction of sp³-hybridized carbons (Fsp3) is 0.355. The minimum absolute atomic E-state index is 0.0492. The molecule has 0 radical (unpaired) electrons. The molecule has 1 fully saturated rings. The third kappa shape index (κ3) is 7.59. The predicted octanol–water partition coefficient (Wildman–Crippen LogP) is 5.41. The molecular formula is C31H36ClN3O5S. The predicted molar refractivity (Wildman–Crippen MR) is 160 cm³/mol. The SMILES string of the molecule is CCC(C(=O)NC1CCCC1)N(Cc1cccc(OC)c1)C(=O)CN(c1ccc(Cl)cc1)S(=O)(=O)c1ccccc1. The van der Waals surface area contributed by atoms with E-state index in [-0.39, 0.29) is 29.1 Å². The van der Waals surface area contributed by atoms with E-state index in [9.17, 15) is 18.0 Å². The van der Waals surface area contributed by atoms with Crippen LogP contribution in [0.5, 0.6) is 5.75 Å². The maximum atomic E-state index is 14.2. The first kappa shape index (κ1) is 30.4. The van der Waals surface area contributed by atoms with Gasteiger partial charge in [-0.15, -0.1) is 0 Å². The van der Waals surface area contributed by atoms with E-state index in [2.05, 4.69) is 5.32 Å². The molecule has 0 heterocycles. The Hall–Kier alpha value is -3.56. The van der Waals surface area contributed by atoms with Crippen LogP contribution in [0.2, 0.25) is 5.02 Å². The zero-order chi connectivity index (χ0) is 29.4. The zero-order valence-corrected chi connectivity index (χ0v) is 24.9. The number of nitrogens with one attached hydrogen (secondary N) is 1. The highest BCUT2D eigenvalue weighted by Gasteiger charge is 2.34. The van der Waals surface area contributed by atoms with Gasteiger partial charge in [0, 0.05) is 17.6 Å². The molecule has 0 bridgehead atoms. The minimum Gasteiger partial charge on any atom is -0.497 e. The highest BCUT2D eigenvalue weighted by Crippen LogP contribution is 2.27. The maximum Gasteiger partial charge on any atom is 0.264 e. The Morgan fingerprint density at radius 1 is 1.00 bits per heavy atom. The molecule has 41 heavy (non-hydrogen) atoms. The molecule has 218 valence electrons. The van der Waals surface area contributed by atoms with E-state index < -0.39 is 28.5 Å². The molecule has 1 unspecified atom stereocenters. The van der Waals surface area contributed by atoms with Gasteiger partial charge >= 0.3 is 0 Å². The van der Waals surface area contributed by atoms with Crippen molar-refractivity contribution in [2.75, 3.05) is 18.0 Å². The number of carbonyl (C=O) groups is 2. The number of rotatable bonds is 12. The molecule has 0 aliphatic heterocycles. The molecule has 3 aromatic rings. The first-order valence-corrected chi connectivity index (χ1v) is 15.6. The molecule has 1 saturated carbocycles. The average Bonchev–Trinajstić information content (AvgIpc) is 3.49. The fourth-order valence-electron chi connectivity index (χ4n) is 5.11. The van der Waals surface area contributed by atoms with Crippen molar-refractivity contribution in [1.29, 1.82) is 0 Å². The Morgan fingerprint density at radius 2 is 1.68 bits per heavy atom. The molecular weight excluding hydrogens is 562 g/mol. The molecule has 0 aromatic heterocycles. The van der Waals surface area contributed by atoms with E-state index in [0.717, 1.165) is 35.6 Å². The molecule has 1 aliphatic carbocycles. The Morgan fingerprint density at radius 3 is 2.32 bits per heavy atom. The number of halogens is 1. The van der Waals surface area contributed by atoms with Gasteiger partial charge in [-0.1, -0.05) is 61.7 Å². The normalized spacial score (nSPS) is 14.3. The van der Waals surface area contributed by atoms with Gasteiger partial charge in [-0.3, -0.25) is 13.9 Å². The highest BCUT2D eigenvalue weighted by molar-refractivity contribution is 7.92. The van der Waals surface area contributed by atoms with Crippen LogP contribution in [0.25, 0.3) is 0 Å². The Kier molecular flexibility index (Phi) is 10.3. The molecule has 8 nitrogen and oxygen atoms in total. The van der Waals surface area contributed by atoms with Crippen molar-refractivity contribution in [3.63, 3.8) is 0 Å². The van der Waals surface area contributed by atoms with Crippen molar-refractivity contribution in [2.24, 2.45) is 0 Å². The third-order valence-corrected chi connectivity index (χ3v) is 9.34. The van der Waals surface area contributed by atoms with E-state index in [4.69, 9.17) is 16.3 Å². The summed E-state index contributed by atoms with van der Waals surface area (Å²) in [5.41, 5.74) is 1.05. The van der Waals surface area contributed by atoms with Crippen LogP contribution in [0.15, 0.2) is 83.8 Å². The second-order valence-electron chi connectivity index (χ2n) is 10.1. The first-order chi connectivity index (χ1) is 19.7. The Labute approximate surface area is 247 Å². The van der Waals surface area contributed by atoms with Gasteiger partial charge < -0.3 is 15.0 Å². The third-order valence-electron chi connectivity index (χ3n) is 7.30. The number of nitrogens with zero attached hydrogens (tertiary/aromatic N) is 2. The minimum atomic E-state index is -4.13. The summed E-state index contributed by atoms with van der Waals surface area (Å²) in [6.45, 7) is 1.45. The second kappa shape index (κ2) is 13.9. The monoisotopic (exact) mass is 597 g/mol. The summed E-state index contributed by atoms with van der Waals surface area (Å²) in [7, 11) is -2.57. The summed E-state index contributed by atoms with van der Waals surface area (Å²) in [5.74, 6) is -0.122. The van der Waals surface area contributed by atoms with Crippen LogP contribution in [0.1, 0.15) is 44.6 Å². The molecule has 1 atom stereocenters. The molecule has 0 spiro atoms. The lowest BCUT2D eigenvalue weighted by atomic mass is 10.1. The number of sulfonamides is 1. The van der Waals surface area contributed by atoms with Crippen LogP contribution < -0.4 is 14.4 Å². The molecule has 1 N–H and O–H groups in total. The number of methoxy groups -OCH3 is 1. The molecule has 0 saturated heterocycles. The number of benzene rings is 3. The molecule has 1 aliphatic rings. The summed E-state index contributed by atoms with van der Waals surface area (Å²) >= 11 is 6.09. The van der Waals surface area contributed by atoms with Crippen molar-refractivity contribution < 1.29 is 22.7 Å². The van der Waals surface area contributed by atoms with Crippen molar-refractivity contribution in [1.82, 2.24) is 10.2 Å². The van der Waals surface area contributed by atoms with E-state index in [1.165, 1.54) is 17.0 Å². The topological polar surface area (TPSA) is 96.0 Å². The van der Waals surface area contributed by atoms with E-state index in [0.29, 0.717) is 17.2 Å². The molecule has 10 heteroatoms. The Balaban J connectivity index is 1.71. The van der Waals surface area contributed by atoms with Gasteiger partial charge in [-0.25, -0.2) is 8.42 Å². The van der Waals surface area contributed by atoms with Gasteiger partial charge in [0.25, 0.3) is 10.0 Å². The van der Waals surface area contributed by atoms with Gasteiger partial charge in [0.1, 0.15) is 18.3 Å². The quantitative estimate of drug-likeness (QED) is 0.301. The van der Waals surface area contributed by atoms with Crippen LogP contribution in [0, 0.1) is 0 Å². The van der Waals surface area contributed by atoms with Crippen molar-refractivity contribution in [2.45, 2.75) is 62.6 Å². The van der Waals surface area contributed by atoms with E-state index in [1.807, 2.05) is 19.1 Å². The van der Waals surface area contributed by atoms with Crippen LogP contribution in [0.3, 0.4) is 0 Å². The van der Waals surface area contributed by atoms with E-state index in [1.54, 1.807) is 61.7 Å². The Bertz CT molecular complexity index is 1430. The van der Waals surface area contributed by atoms with Crippen molar-refractivity contribution >= 4 is 39.1 Å². The highest BCUT2D eigenvalue weighted by atomic mass is 35.5. The van der Waals surface area contributed by atoms with E-state index >= 15 is 0 Å². The van der Waals surface area contributed by atoms with Crippen LogP contribution >= 0.6 is 11.6 Å². The van der Waals surface area contributed by atoms with Gasteiger partial charge in [0.15, 0.2) is 0 Å². The van der Waals surface area contributed by atoms with Gasteiger partial charge in [-0.05, 0) is 73.4 Å². The zero-order valence-electron chi connectivity index (χ0n) is 23.3.